The summed E-state index contributed by atoms with van der Waals surface area (Å²) in [5, 5.41) is 5.87. The minimum absolute atomic E-state index is 0.119. The van der Waals surface area contributed by atoms with Crippen molar-refractivity contribution in [2.24, 2.45) is 5.92 Å². The molecule has 1 aliphatic carbocycles. The summed E-state index contributed by atoms with van der Waals surface area (Å²) in [4.78, 5) is 25.3. The fraction of sp³-hybridized carbons (Fsp3) is 0.450. The van der Waals surface area contributed by atoms with Gasteiger partial charge in [-0.25, -0.2) is 0 Å². The molecule has 1 heterocycles. The summed E-state index contributed by atoms with van der Waals surface area (Å²) in [6.45, 7) is 4.56. The molecule has 2 aromatic rings. The van der Waals surface area contributed by atoms with Crippen LogP contribution in [0.25, 0.3) is 0 Å². The summed E-state index contributed by atoms with van der Waals surface area (Å²) < 4.78 is 4.12. The van der Waals surface area contributed by atoms with E-state index in [4.69, 9.17) is 5.73 Å². The number of carbonyl (C=O) groups is 2. The average molecular weight is 387 g/mol. The Balaban J connectivity index is 1.62. The molecule has 1 saturated carbocycles. The molecule has 144 valence electrons. The predicted octanol–water partition coefficient (Wildman–Crippen LogP) is 3.27. The average Bonchev–Trinajstić information content (AvgIpc) is 3.04. The predicted molar refractivity (Wildman–Crippen MR) is 108 cm³/mol. The second kappa shape index (κ2) is 8.52. The smallest absolute Gasteiger partial charge is 0.273 e. The van der Waals surface area contributed by atoms with E-state index in [1.165, 1.54) is 6.42 Å². The number of nitrogens with two attached hydrogens (primary N) is 1. The maximum Gasteiger partial charge on any atom is 0.273 e. The summed E-state index contributed by atoms with van der Waals surface area (Å²) in [7, 11) is 0. The lowest BCUT2D eigenvalue weighted by Gasteiger charge is -2.29. The molecule has 1 aliphatic rings. The Morgan fingerprint density at radius 1 is 1.19 bits per heavy atom. The van der Waals surface area contributed by atoms with Gasteiger partial charge in [0.25, 0.3) is 11.8 Å². The standard InChI is InChI=1S/C20H26N4O2S/c1-12-7-9-14(10-8-12)11-22-19(25)17-16(21)18(27-24-17)20(26)23-15-6-4-3-5-13(15)2/h7-10,13,15H,3-6,11,21H2,1-2H3,(H,22,25)(H,23,26)/t13-,15+/m1/s1. The minimum Gasteiger partial charge on any atom is -0.395 e. The molecule has 1 fully saturated rings. The van der Waals surface area contributed by atoms with Crippen LogP contribution >= 0.6 is 11.5 Å². The van der Waals surface area contributed by atoms with E-state index in [0.717, 1.165) is 41.9 Å². The van der Waals surface area contributed by atoms with Crippen molar-refractivity contribution in [2.45, 2.75) is 52.1 Å². The molecule has 0 radical (unpaired) electrons. The summed E-state index contributed by atoms with van der Waals surface area (Å²) in [6, 6.07) is 8.07. The van der Waals surface area contributed by atoms with E-state index in [1.807, 2.05) is 31.2 Å². The third-order valence-corrected chi connectivity index (χ3v) is 6.01. The second-order valence-electron chi connectivity index (χ2n) is 7.28. The highest BCUT2D eigenvalue weighted by molar-refractivity contribution is 7.09. The number of anilines is 1. The number of benzene rings is 1. The van der Waals surface area contributed by atoms with Gasteiger partial charge in [-0.05, 0) is 42.8 Å². The molecule has 1 aromatic carbocycles. The molecule has 0 saturated heterocycles. The molecule has 6 nitrogen and oxygen atoms in total. The lowest BCUT2D eigenvalue weighted by Crippen LogP contribution is -2.41. The van der Waals surface area contributed by atoms with Gasteiger partial charge in [0, 0.05) is 12.6 Å². The van der Waals surface area contributed by atoms with Gasteiger partial charge in [-0.1, -0.05) is 49.6 Å². The van der Waals surface area contributed by atoms with Gasteiger partial charge in [0.15, 0.2) is 5.69 Å². The number of carbonyl (C=O) groups excluding carboxylic acids is 2. The van der Waals surface area contributed by atoms with Gasteiger partial charge in [-0.3, -0.25) is 9.59 Å². The number of aryl methyl sites for hydroxylation is 1. The van der Waals surface area contributed by atoms with E-state index in [0.29, 0.717) is 17.3 Å². The maximum atomic E-state index is 12.6. The zero-order valence-electron chi connectivity index (χ0n) is 15.7. The van der Waals surface area contributed by atoms with Gasteiger partial charge < -0.3 is 16.4 Å². The van der Waals surface area contributed by atoms with E-state index in [9.17, 15) is 9.59 Å². The Bertz CT molecular complexity index is 816. The van der Waals surface area contributed by atoms with Crippen LogP contribution < -0.4 is 16.4 Å². The van der Waals surface area contributed by atoms with Crippen LogP contribution in [0.15, 0.2) is 24.3 Å². The van der Waals surface area contributed by atoms with Gasteiger partial charge in [-0.15, -0.1) is 0 Å². The van der Waals surface area contributed by atoms with Gasteiger partial charge >= 0.3 is 0 Å². The minimum atomic E-state index is -0.366. The summed E-state index contributed by atoms with van der Waals surface area (Å²) >= 11 is 0.978. The van der Waals surface area contributed by atoms with Gasteiger partial charge in [-0.2, -0.15) is 4.37 Å². The van der Waals surface area contributed by atoms with Crippen molar-refractivity contribution in [1.82, 2.24) is 15.0 Å². The lowest BCUT2D eigenvalue weighted by molar-refractivity contribution is 0.0915. The molecule has 0 bridgehead atoms. The largest absolute Gasteiger partial charge is 0.395 e. The number of nitrogens with one attached hydrogen (secondary N) is 2. The van der Waals surface area contributed by atoms with Crippen molar-refractivity contribution >= 4 is 29.0 Å². The number of hydrogen-bond acceptors (Lipinski definition) is 5. The topological polar surface area (TPSA) is 97.1 Å². The molecule has 3 rings (SSSR count). The van der Waals surface area contributed by atoms with Crippen LogP contribution in [0, 0.1) is 12.8 Å². The number of nitrogen functional groups attached to an aromatic ring is 1. The molecule has 0 spiro atoms. The fourth-order valence-electron chi connectivity index (χ4n) is 3.36. The first-order chi connectivity index (χ1) is 13.0. The van der Waals surface area contributed by atoms with Crippen molar-refractivity contribution in [2.75, 3.05) is 5.73 Å². The van der Waals surface area contributed by atoms with Gasteiger partial charge in [0.2, 0.25) is 0 Å². The van der Waals surface area contributed by atoms with E-state index in [1.54, 1.807) is 0 Å². The molecule has 2 amide bonds. The first kappa shape index (κ1) is 19.4. The van der Waals surface area contributed by atoms with Gasteiger partial charge in [0.05, 0.1) is 5.69 Å². The molecule has 1 aromatic heterocycles. The highest BCUT2D eigenvalue weighted by atomic mass is 32.1. The van der Waals surface area contributed by atoms with Crippen LogP contribution in [0.3, 0.4) is 0 Å². The van der Waals surface area contributed by atoms with E-state index in [-0.39, 0.29) is 29.2 Å². The quantitative estimate of drug-likeness (QED) is 0.735. The molecular weight excluding hydrogens is 360 g/mol. The monoisotopic (exact) mass is 386 g/mol. The third kappa shape index (κ3) is 4.66. The SMILES string of the molecule is Cc1ccc(CNC(=O)c2nsc(C(=O)N[C@H]3CCCC[C@H]3C)c2N)cc1. The van der Waals surface area contributed by atoms with Crippen LogP contribution in [0.2, 0.25) is 0 Å². The number of aromatic nitrogens is 1. The zero-order valence-corrected chi connectivity index (χ0v) is 16.6. The summed E-state index contributed by atoms with van der Waals surface area (Å²) in [6.07, 6.45) is 4.44. The van der Waals surface area contributed by atoms with E-state index >= 15 is 0 Å². The Labute approximate surface area is 163 Å². The molecule has 7 heteroatoms. The zero-order chi connectivity index (χ0) is 19.4. The Morgan fingerprint density at radius 3 is 2.59 bits per heavy atom. The molecule has 2 atom stereocenters. The highest BCUT2D eigenvalue weighted by Gasteiger charge is 2.27. The number of nitrogens with zero attached hydrogens (tertiary/aromatic N) is 1. The molecule has 0 aliphatic heterocycles. The fourth-order valence-corrected chi connectivity index (χ4v) is 4.06. The molecular formula is C20H26N4O2S. The van der Waals surface area contributed by atoms with Crippen LogP contribution in [-0.2, 0) is 6.54 Å². The van der Waals surface area contributed by atoms with Crippen molar-refractivity contribution in [3.63, 3.8) is 0 Å². The van der Waals surface area contributed by atoms with Crippen molar-refractivity contribution < 1.29 is 9.59 Å². The normalized spacial score (nSPS) is 19.5. The van der Waals surface area contributed by atoms with Crippen molar-refractivity contribution in [1.29, 1.82) is 0 Å². The van der Waals surface area contributed by atoms with E-state index < -0.39 is 0 Å². The van der Waals surface area contributed by atoms with Crippen molar-refractivity contribution in [3.8, 4) is 0 Å². The maximum absolute atomic E-state index is 12.6. The van der Waals surface area contributed by atoms with E-state index in [2.05, 4.69) is 21.9 Å². The van der Waals surface area contributed by atoms with Crippen LogP contribution in [-0.4, -0.2) is 22.2 Å². The van der Waals surface area contributed by atoms with Crippen LogP contribution in [0.5, 0.6) is 0 Å². The molecule has 0 unspecified atom stereocenters. The first-order valence-corrected chi connectivity index (χ1v) is 10.1. The lowest BCUT2D eigenvalue weighted by atomic mass is 9.86. The third-order valence-electron chi connectivity index (χ3n) is 5.15. The Hall–Kier alpha value is -2.41. The number of rotatable bonds is 5. The molecule has 27 heavy (non-hydrogen) atoms. The number of amides is 2. The van der Waals surface area contributed by atoms with Crippen LogP contribution in [0.1, 0.15) is 63.9 Å². The summed E-state index contributed by atoms with van der Waals surface area (Å²) in [5.41, 5.74) is 8.49. The highest BCUT2D eigenvalue weighted by Crippen LogP contribution is 2.26. The number of hydrogen-bond donors (Lipinski definition) is 3. The Kier molecular flexibility index (Phi) is 6.11. The Morgan fingerprint density at radius 2 is 1.89 bits per heavy atom. The van der Waals surface area contributed by atoms with Crippen LogP contribution in [0.4, 0.5) is 5.69 Å². The summed E-state index contributed by atoms with van der Waals surface area (Å²) in [5.74, 6) is -0.148. The molecule has 4 N–H and O–H groups in total. The van der Waals surface area contributed by atoms with Crippen molar-refractivity contribution in [3.05, 3.63) is 46.0 Å². The van der Waals surface area contributed by atoms with Gasteiger partial charge in [0.1, 0.15) is 4.88 Å². The second-order valence-corrected chi connectivity index (χ2v) is 8.06. The first-order valence-electron chi connectivity index (χ1n) is 9.35.